The summed E-state index contributed by atoms with van der Waals surface area (Å²) in [5, 5.41) is 2.62. The van der Waals surface area contributed by atoms with Crippen LogP contribution in [0.15, 0.2) is 115 Å². The highest BCUT2D eigenvalue weighted by atomic mass is 14.6. The number of pyridine rings is 1. The second-order valence-electron chi connectivity index (χ2n) is 8.68. The van der Waals surface area contributed by atoms with Crippen LogP contribution in [-0.2, 0) is 5.41 Å². The molecule has 3 aromatic carbocycles. The van der Waals surface area contributed by atoms with Gasteiger partial charge in [0.05, 0.1) is 5.41 Å². The number of hydrogen-bond donors (Lipinski definition) is 1. The van der Waals surface area contributed by atoms with Crippen LogP contribution in [0.1, 0.15) is 22.3 Å². The monoisotopic (exact) mass is 407 g/mol. The van der Waals surface area contributed by atoms with E-state index in [1.54, 1.807) is 0 Å². The summed E-state index contributed by atoms with van der Waals surface area (Å²) < 4.78 is 0. The Morgan fingerprint density at radius 2 is 1.34 bits per heavy atom. The molecule has 1 heterocycles. The molecule has 0 radical (unpaired) electrons. The van der Waals surface area contributed by atoms with E-state index in [0.29, 0.717) is 0 Å². The molecule has 1 N–H and O–H groups in total. The van der Waals surface area contributed by atoms with E-state index in [2.05, 4.69) is 120 Å². The number of allylic oxidation sites excluding steroid dienone is 1. The van der Waals surface area contributed by atoms with Gasteiger partial charge in [-0.25, -0.2) is 0 Å². The Bertz CT molecular complexity index is 1560. The highest BCUT2D eigenvalue weighted by Gasteiger charge is 2.47. The molecule has 32 heavy (non-hydrogen) atoms. The van der Waals surface area contributed by atoms with Crippen molar-refractivity contribution in [2.45, 2.75) is 5.41 Å². The maximum Gasteiger partial charge on any atom is 0.0725 e. The van der Waals surface area contributed by atoms with E-state index in [1.807, 2.05) is 6.20 Å². The minimum absolute atomic E-state index is 0.401. The second-order valence-corrected chi connectivity index (χ2v) is 8.68. The van der Waals surface area contributed by atoms with Gasteiger partial charge in [-0.3, -0.25) is 0 Å². The summed E-state index contributed by atoms with van der Waals surface area (Å²) in [6.45, 7) is 0. The lowest BCUT2D eigenvalue weighted by atomic mass is 9.60. The molecule has 0 amide bonds. The predicted molar refractivity (Wildman–Crippen MR) is 132 cm³/mol. The third-order valence-electron chi connectivity index (χ3n) is 7.07. The molecule has 3 aromatic rings. The summed E-state index contributed by atoms with van der Waals surface area (Å²) in [6, 6.07) is 35.4. The van der Waals surface area contributed by atoms with Crippen LogP contribution in [0.5, 0.6) is 0 Å². The third-order valence-corrected chi connectivity index (χ3v) is 7.07. The maximum absolute atomic E-state index is 3.35. The fourth-order valence-corrected chi connectivity index (χ4v) is 5.90. The zero-order chi connectivity index (χ0) is 21.1. The van der Waals surface area contributed by atoms with Gasteiger partial charge >= 0.3 is 0 Å². The van der Waals surface area contributed by atoms with E-state index in [1.165, 1.54) is 55.0 Å². The Hall–Kier alpha value is -4.10. The molecule has 0 saturated heterocycles. The van der Waals surface area contributed by atoms with Crippen LogP contribution >= 0.6 is 0 Å². The molecule has 150 valence electrons. The van der Waals surface area contributed by atoms with E-state index in [0.717, 1.165) is 0 Å². The summed E-state index contributed by atoms with van der Waals surface area (Å²) in [5.41, 5.74) is 10.1. The van der Waals surface area contributed by atoms with Gasteiger partial charge in [-0.2, -0.15) is 0 Å². The average molecular weight is 408 g/mol. The van der Waals surface area contributed by atoms with Gasteiger partial charge in [0.2, 0.25) is 0 Å². The Morgan fingerprint density at radius 1 is 0.656 bits per heavy atom. The van der Waals surface area contributed by atoms with Crippen molar-refractivity contribution in [3.63, 3.8) is 0 Å². The highest BCUT2D eigenvalue weighted by molar-refractivity contribution is 6.04. The normalized spacial score (nSPS) is 15.5. The summed E-state index contributed by atoms with van der Waals surface area (Å²) in [4.78, 5) is 3.35. The minimum atomic E-state index is -0.401. The first-order chi connectivity index (χ1) is 15.9. The molecule has 7 rings (SSSR count). The standard InChI is InChI=1S/C31H21N/c1-3-10-25(11-4-1)31(26-12-5-2-6-13-26)29-23(17-21-9-7-8-14-27(21)29)19-24-18-22-15-16-32-20-28(22)30(24)31/h1-20,32H. The van der Waals surface area contributed by atoms with Crippen molar-refractivity contribution in [2.75, 3.05) is 0 Å². The molecule has 0 spiro atoms. The number of hydrogen-bond acceptors (Lipinski definition) is 0. The fourth-order valence-electron chi connectivity index (χ4n) is 5.90. The van der Waals surface area contributed by atoms with Gasteiger partial charge in [-0.1, -0.05) is 84.9 Å². The molecular formula is C31H21N. The van der Waals surface area contributed by atoms with Crippen LogP contribution in [0, 0.1) is 0 Å². The van der Waals surface area contributed by atoms with Crippen LogP contribution in [0.2, 0.25) is 0 Å². The topological polar surface area (TPSA) is 15.8 Å². The quantitative estimate of drug-likeness (QED) is 0.398. The summed E-state index contributed by atoms with van der Waals surface area (Å²) in [6.07, 6.45) is 8.93. The van der Waals surface area contributed by atoms with Crippen molar-refractivity contribution < 1.29 is 0 Å². The van der Waals surface area contributed by atoms with Gasteiger partial charge in [-0.15, -0.1) is 0 Å². The second kappa shape index (κ2) is 6.45. The molecule has 1 aliphatic heterocycles. The Kier molecular flexibility index (Phi) is 3.54. The molecular weight excluding hydrogens is 386 g/mol. The maximum atomic E-state index is 3.35. The molecule has 0 bridgehead atoms. The number of benzene rings is 3. The molecule has 0 saturated carbocycles. The number of H-pyrrole nitrogens is 1. The van der Waals surface area contributed by atoms with Crippen molar-refractivity contribution in [1.29, 1.82) is 0 Å². The lowest BCUT2D eigenvalue weighted by molar-refractivity contribution is 0.797. The molecule has 0 aromatic heterocycles. The van der Waals surface area contributed by atoms with E-state index in [-0.39, 0.29) is 0 Å². The first kappa shape index (κ1) is 17.6. The van der Waals surface area contributed by atoms with Crippen LogP contribution in [0.3, 0.4) is 0 Å². The first-order valence-corrected chi connectivity index (χ1v) is 11.1. The zero-order valence-electron chi connectivity index (χ0n) is 17.5. The third kappa shape index (κ3) is 2.18. The molecule has 1 nitrogen and oxygen atoms in total. The van der Waals surface area contributed by atoms with E-state index < -0.39 is 5.41 Å². The van der Waals surface area contributed by atoms with Gasteiger partial charge in [-0.05, 0) is 73.7 Å². The Morgan fingerprint density at radius 3 is 2.09 bits per heavy atom. The van der Waals surface area contributed by atoms with Gasteiger partial charge in [0, 0.05) is 18.0 Å². The van der Waals surface area contributed by atoms with Crippen molar-refractivity contribution in [2.24, 2.45) is 0 Å². The predicted octanol–water partition coefficient (Wildman–Crippen LogP) is 5.50. The van der Waals surface area contributed by atoms with Gasteiger partial charge in [0.1, 0.15) is 0 Å². The van der Waals surface area contributed by atoms with E-state index in [4.69, 9.17) is 0 Å². The van der Waals surface area contributed by atoms with Crippen molar-refractivity contribution in [3.05, 3.63) is 148 Å². The molecule has 0 fully saturated rings. The number of aromatic amines is 1. The van der Waals surface area contributed by atoms with Crippen molar-refractivity contribution in [3.8, 4) is 11.1 Å². The largest absolute Gasteiger partial charge is 0.367 e. The van der Waals surface area contributed by atoms with Gasteiger partial charge in [0.25, 0.3) is 0 Å². The lowest BCUT2D eigenvalue weighted by Gasteiger charge is -2.41. The zero-order valence-corrected chi connectivity index (χ0v) is 17.5. The molecule has 4 aliphatic rings. The van der Waals surface area contributed by atoms with Crippen LogP contribution in [0.4, 0.5) is 0 Å². The van der Waals surface area contributed by atoms with Gasteiger partial charge < -0.3 is 4.98 Å². The number of fused-ring (bicyclic) bond motifs is 5. The lowest BCUT2D eigenvalue weighted by Crippen LogP contribution is -2.38. The molecule has 0 unspecified atom stereocenters. The summed E-state index contributed by atoms with van der Waals surface area (Å²) in [5.74, 6) is 0. The molecule has 3 aliphatic carbocycles. The van der Waals surface area contributed by atoms with Crippen molar-refractivity contribution in [1.82, 2.24) is 4.98 Å². The van der Waals surface area contributed by atoms with Crippen LogP contribution in [0.25, 0.3) is 28.9 Å². The van der Waals surface area contributed by atoms with E-state index in [9.17, 15) is 0 Å². The van der Waals surface area contributed by atoms with E-state index >= 15 is 0 Å². The SMILES string of the molecule is C1=C2C=c3ccccc3=C2C(c2ccccc2)(c2ccccc2)c2c1cc1cc[nH]cc2-1. The Balaban J connectivity index is 1.77. The number of rotatable bonds is 2. The van der Waals surface area contributed by atoms with Crippen LogP contribution in [-0.4, -0.2) is 4.98 Å². The average Bonchev–Trinajstić information content (AvgIpc) is 3.42. The number of nitrogens with one attached hydrogen (secondary N) is 1. The summed E-state index contributed by atoms with van der Waals surface area (Å²) >= 11 is 0. The van der Waals surface area contributed by atoms with Crippen molar-refractivity contribution >= 4 is 17.7 Å². The highest BCUT2D eigenvalue weighted by Crippen LogP contribution is 2.57. The summed E-state index contributed by atoms with van der Waals surface area (Å²) in [7, 11) is 0. The molecule has 1 heteroatoms. The van der Waals surface area contributed by atoms with Gasteiger partial charge in [0.15, 0.2) is 0 Å². The fraction of sp³-hybridized carbons (Fsp3) is 0.0323. The smallest absolute Gasteiger partial charge is 0.0725 e. The minimum Gasteiger partial charge on any atom is -0.367 e. The van der Waals surface area contributed by atoms with Crippen LogP contribution < -0.4 is 10.4 Å². The Labute approximate surface area is 187 Å². The molecule has 0 atom stereocenters. The first-order valence-electron chi connectivity index (χ1n) is 11.1. The number of aromatic nitrogens is 1.